The summed E-state index contributed by atoms with van der Waals surface area (Å²) < 4.78 is 17.5. The highest BCUT2D eigenvalue weighted by atomic mass is 32.2. The first-order chi connectivity index (χ1) is 12.1. The number of furan rings is 1. The summed E-state index contributed by atoms with van der Waals surface area (Å²) in [4.78, 5) is 11.7. The van der Waals surface area contributed by atoms with Crippen LogP contribution in [-0.2, 0) is 17.3 Å². The fourth-order valence-corrected chi connectivity index (χ4v) is 3.44. The van der Waals surface area contributed by atoms with E-state index in [1.165, 1.54) is 0 Å². The third kappa shape index (κ3) is 2.89. The van der Waals surface area contributed by atoms with E-state index in [1.807, 2.05) is 60.5 Å². The van der Waals surface area contributed by atoms with E-state index in [0.29, 0.717) is 12.1 Å². The van der Waals surface area contributed by atoms with Crippen molar-refractivity contribution in [3.8, 4) is 0 Å². The molecule has 0 aliphatic rings. The lowest BCUT2D eigenvalue weighted by molar-refractivity contribution is 0.662. The third-order valence-corrected chi connectivity index (χ3v) is 5.11. The Morgan fingerprint density at radius 2 is 1.84 bits per heavy atom. The number of anilines is 1. The average molecular weight is 351 g/mol. The van der Waals surface area contributed by atoms with Crippen molar-refractivity contribution in [1.29, 1.82) is 0 Å². The lowest BCUT2D eigenvalue weighted by Gasteiger charge is -2.18. The van der Waals surface area contributed by atoms with Crippen molar-refractivity contribution in [3.63, 3.8) is 0 Å². The SMILES string of the molecule is CN(Cc1ccc(S(C)=O)cc1)c1ncnc2c1oc1ccccc12. The first-order valence-electron chi connectivity index (χ1n) is 7.89. The van der Waals surface area contributed by atoms with Gasteiger partial charge in [0.1, 0.15) is 17.4 Å². The maximum absolute atomic E-state index is 11.5. The molecule has 2 aromatic heterocycles. The standard InChI is InChI=1S/C19H17N3O2S/c1-22(11-13-7-9-14(10-8-13)25(2)23)19-18-17(20-12-21-19)15-5-3-4-6-16(15)24-18/h3-10,12H,11H2,1-2H3. The summed E-state index contributed by atoms with van der Waals surface area (Å²) in [6, 6.07) is 15.6. The van der Waals surface area contributed by atoms with Crippen molar-refractivity contribution < 1.29 is 8.63 Å². The van der Waals surface area contributed by atoms with Crippen LogP contribution in [0.25, 0.3) is 22.1 Å². The van der Waals surface area contributed by atoms with Gasteiger partial charge in [0.25, 0.3) is 0 Å². The molecular formula is C19H17N3O2S. The summed E-state index contributed by atoms with van der Waals surface area (Å²) in [7, 11) is 1.01. The number of hydrogen-bond donors (Lipinski definition) is 0. The van der Waals surface area contributed by atoms with Gasteiger partial charge < -0.3 is 9.32 Å². The van der Waals surface area contributed by atoms with Gasteiger partial charge in [0.05, 0.1) is 0 Å². The summed E-state index contributed by atoms with van der Waals surface area (Å²) in [6.07, 6.45) is 3.25. The van der Waals surface area contributed by atoms with Crippen molar-refractivity contribution in [3.05, 3.63) is 60.4 Å². The van der Waals surface area contributed by atoms with E-state index in [4.69, 9.17) is 4.42 Å². The number of nitrogens with zero attached hydrogens (tertiary/aromatic N) is 3. The fourth-order valence-electron chi connectivity index (χ4n) is 2.92. The molecule has 0 amide bonds. The molecule has 6 heteroatoms. The first kappa shape index (κ1) is 15.8. The number of rotatable bonds is 4. The Hall–Kier alpha value is -2.73. The highest BCUT2D eigenvalue weighted by Gasteiger charge is 2.16. The number of hydrogen-bond acceptors (Lipinski definition) is 5. The lowest BCUT2D eigenvalue weighted by atomic mass is 10.2. The Labute approximate surface area is 147 Å². The molecule has 0 saturated heterocycles. The monoisotopic (exact) mass is 351 g/mol. The number of benzene rings is 2. The van der Waals surface area contributed by atoms with Crippen molar-refractivity contribution in [1.82, 2.24) is 9.97 Å². The predicted octanol–water partition coefficient (Wildman–Crippen LogP) is 3.75. The Morgan fingerprint density at radius 1 is 1.08 bits per heavy atom. The fraction of sp³-hybridized carbons (Fsp3) is 0.158. The molecule has 0 N–H and O–H groups in total. The van der Waals surface area contributed by atoms with E-state index in [0.717, 1.165) is 32.8 Å². The van der Waals surface area contributed by atoms with Gasteiger partial charge in [-0.1, -0.05) is 24.3 Å². The van der Waals surface area contributed by atoms with E-state index in [1.54, 1.807) is 12.6 Å². The molecule has 0 saturated carbocycles. The van der Waals surface area contributed by atoms with Crippen LogP contribution in [0.4, 0.5) is 5.82 Å². The molecule has 0 aliphatic heterocycles. The van der Waals surface area contributed by atoms with E-state index in [-0.39, 0.29) is 0 Å². The lowest BCUT2D eigenvalue weighted by Crippen LogP contribution is -2.18. The van der Waals surface area contributed by atoms with Gasteiger partial charge in [-0.15, -0.1) is 0 Å². The van der Waals surface area contributed by atoms with Gasteiger partial charge in [-0.3, -0.25) is 4.21 Å². The summed E-state index contributed by atoms with van der Waals surface area (Å²) in [5.74, 6) is 0.754. The Bertz CT molecular complexity index is 1070. The molecule has 0 fully saturated rings. The maximum atomic E-state index is 11.5. The summed E-state index contributed by atoms with van der Waals surface area (Å²) in [5, 5.41) is 0.990. The van der Waals surface area contributed by atoms with Gasteiger partial charge in [-0.25, -0.2) is 9.97 Å². The maximum Gasteiger partial charge on any atom is 0.196 e. The zero-order valence-electron chi connectivity index (χ0n) is 14.0. The quantitative estimate of drug-likeness (QED) is 0.560. The predicted molar refractivity (Wildman–Crippen MR) is 100 cm³/mol. The molecule has 4 aromatic rings. The van der Waals surface area contributed by atoms with Crippen molar-refractivity contribution in [2.45, 2.75) is 11.4 Å². The summed E-state index contributed by atoms with van der Waals surface area (Å²) >= 11 is 0. The molecule has 25 heavy (non-hydrogen) atoms. The van der Waals surface area contributed by atoms with E-state index in [9.17, 15) is 4.21 Å². The van der Waals surface area contributed by atoms with Crippen molar-refractivity contribution in [2.24, 2.45) is 0 Å². The minimum absolute atomic E-state index is 0.666. The summed E-state index contributed by atoms with van der Waals surface area (Å²) in [6.45, 7) is 0.666. The van der Waals surface area contributed by atoms with Crippen LogP contribution in [-0.4, -0.2) is 27.5 Å². The van der Waals surface area contributed by atoms with Crippen molar-refractivity contribution in [2.75, 3.05) is 18.2 Å². The Balaban J connectivity index is 1.70. The smallest absolute Gasteiger partial charge is 0.196 e. The highest BCUT2D eigenvalue weighted by molar-refractivity contribution is 7.84. The zero-order chi connectivity index (χ0) is 17.4. The highest BCUT2D eigenvalue weighted by Crippen LogP contribution is 2.32. The second kappa shape index (κ2) is 6.29. The average Bonchev–Trinajstić information content (AvgIpc) is 3.00. The van der Waals surface area contributed by atoms with Gasteiger partial charge in [0.15, 0.2) is 11.4 Å². The second-order valence-corrected chi connectivity index (χ2v) is 7.31. The molecule has 0 bridgehead atoms. The van der Waals surface area contributed by atoms with E-state index in [2.05, 4.69) is 9.97 Å². The zero-order valence-corrected chi connectivity index (χ0v) is 14.8. The van der Waals surface area contributed by atoms with Crippen molar-refractivity contribution >= 4 is 38.7 Å². The van der Waals surface area contributed by atoms with Gasteiger partial charge in [-0.2, -0.15) is 0 Å². The van der Waals surface area contributed by atoms with Crippen LogP contribution in [0.1, 0.15) is 5.56 Å². The van der Waals surface area contributed by atoms with E-state index >= 15 is 0 Å². The molecule has 1 atom stereocenters. The first-order valence-corrected chi connectivity index (χ1v) is 9.45. The van der Waals surface area contributed by atoms with Crippen LogP contribution in [0.3, 0.4) is 0 Å². The largest absolute Gasteiger partial charge is 0.450 e. The molecule has 0 spiro atoms. The normalized spacial score (nSPS) is 12.6. The molecule has 126 valence electrons. The van der Waals surface area contributed by atoms with Gasteiger partial charge in [-0.05, 0) is 29.8 Å². The summed E-state index contributed by atoms with van der Waals surface area (Å²) in [5.41, 5.74) is 3.43. The van der Waals surface area contributed by atoms with Gasteiger partial charge >= 0.3 is 0 Å². The van der Waals surface area contributed by atoms with Gasteiger partial charge in [0.2, 0.25) is 0 Å². The molecule has 2 heterocycles. The van der Waals surface area contributed by atoms with Crippen LogP contribution >= 0.6 is 0 Å². The van der Waals surface area contributed by atoms with Gasteiger partial charge in [0, 0.05) is 40.9 Å². The molecular weight excluding hydrogens is 334 g/mol. The minimum Gasteiger partial charge on any atom is -0.450 e. The third-order valence-electron chi connectivity index (χ3n) is 4.18. The second-order valence-electron chi connectivity index (χ2n) is 5.93. The molecule has 0 aliphatic carbocycles. The number of fused-ring (bicyclic) bond motifs is 3. The Morgan fingerprint density at radius 3 is 2.60 bits per heavy atom. The minimum atomic E-state index is -0.963. The van der Waals surface area contributed by atoms with Crippen LogP contribution in [0.15, 0.2) is 64.2 Å². The van der Waals surface area contributed by atoms with Crippen LogP contribution < -0.4 is 4.90 Å². The number of para-hydroxylation sites is 1. The topological polar surface area (TPSA) is 59.2 Å². The van der Waals surface area contributed by atoms with Crippen LogP contribution in [0.5, 0.6) is 0 Å². The molecule has 0 radical (unpaired) electrons. The molecule has 5 nitrogen and oxygen atoms in total. The molecule has 4 rings (SSSR count). The number of aromatic nitrogens is 2. The van der Waals surface area contributed by atoms with Crippen LogP contribution in [0.2, 0.25) is 0 Å². The molecule has 2 aromatic carbocycles. The van der Waals surface area contributed by atoms with Crippen LogP contribution in [0, 0.1) is 0 Å². The Kier molecular flexibility index (Phi) is 3.97. The van der Waals surface area contributed by atoms with E-state index < -0.39 is 10.8 Å². The molecule has 1 unspecified atom stereocenters.